The first kappa shape index (κ1) is 28.3. The van der Waals surface area contributed by atoms with Crippen molar-refractivity contribution in [1.82, 2.24) is 10.2 Å². The Kier molecular flexibility index (Phi) is 9.80. The summed E-state index contributed by atoms with van der Waals surface area (Å²) < 4.78 is 16.9. The standard InChI is InChI=1S/C29H40N2O6/c1-20(2)23-11-6-10-22(15-23)18-31-19-26(36-28(31)34)25(30-27(33)37-29(3,4)5)17-21-9-7-12-24(16-21)35-14-8-13-32/h6-7,9-12,15-16,20,25-26,32H,8,13-14,17-19H2,1-5H3,(H,30,33). The molecule has 2 amide bonds. The second kappa shape index (κ2) is 12.8. The van der Waals surface area contributed by atoms with Crippen LogP contribution in [0.15, 0.2) is 48.5 Å². The Hall–Kier alpha value is -3.26. The molecule has 0 radical (unpaired) electrons. The average Bonchev–Trinajstić information content (AvgIpc) is 3.18. The molecule has 2 atom stereocenters. The van der Waals surface area contributed by atoms with Crippen molar-refractivity contribution in [2.75, 3.05) is 19.8 Å². The summed E-state index contributed by atoms with van der Waals surface area (Å²) in [7, 11) is 0. The van der Waals surface area contributed by atoms with Crippen LogP contribution < -0.4 is 10.1 Å². The zero-order valence-corrected chi connectivity index (χ0v) is 22.5. The van der Waals surface area contributed by atoms with Gasteiger partial charge in [0.15, 0.2) is 0 Å². The Morgan fingerprint density at radius 2 is 1.89 bits per heavy atom. The molecule has 202 valence electrons. The summed E-state index contributed by atoms with van der Waals surface area (Å²) in [5.74, 6) is 1.07. The van der Waals surface area contributed by atoms with E-state index in [4.69, 9.17) is 19.3 Å². The first-order valence-corrected chi connectivity index (χ1v) is 12.9. The highest BCUT2D eigenvalue weighted by Gasteiger charge is 2.38. The van der Waals surface area contributed by atoms with Gasteiger partial charge in [-0.15, -0.1) is 0 Å². The van der Waals surface area contributed by atoms with Crippen molar-refractivity contribution in [1.29, 1.82) is 0 Å². The van der Waals surface area contributed by atoms with Gasteiger partial charge in [0.2, 0.25) is 0 Å². The molecule has 2 unspecified atom stereocenters. The fourth-order valence-electron chi connectivity index (χ4n) is 4.15. The van der Waals surface area contributed by atoms with Crippen molar-refractivity contribution >= 4 is 12.2 Å². The van der Waals surface area contributed by atoms with Gasteiger partial charge in [-0.25, -0.2) is 9.59 Å². The molecule has 1 aliphatic rings. The van der Waals surface area contributed by atoms with Crippen LogP contribution in [0, 0.1) is 0 Å². The Morgan fingerprint density at radius 3 is 2.59 bits per heavy atom. The van der Waals surface area contributed by atoms with Gasteiger partial charge in [-0.2, -0.15) is 0 Å². The third-order valence-corrected chi connectivity index (χ3v) is 5.98. The summed E-state index contributed by atoms with van der Waals surface area (Å²) >= 11 is 0. The number of rotatable bonds is 11. The number of carbonyl (C=O) groups is 2. The van der Waals surface area contributed by atoms with E-state index in [0.29, 0.717) is 44.2 Å². The predicted molar refractivity (Wildman–Crippen MR) is 142 cm³/mol. The number of aliphatic hydroxyl groups excluding tert-OH is 1. The molecule has 0 aliphatic carbocycles. The number of amides is 2. The van der Waals surface area contributed by atoms with Gasteiger partial charge in [-0.05, 0) is 61.9 Å². The molecule has 0 bridgehead atoms. The van der Waals surface area contributed by atoms with Crippen LogP contribution in [0.4, 0.5) is 9.59 Å². The lowest BCUT2D eigenvalue weighted by atomic mass is 10.00. The van der Waals surface area contributed by atoms with E-state index >= 15 is 0 Å². The molecule has 2 N–H and O–H groups in total. The number of cyclic esters (lactones) is 1. The summed E-state index contributed by atoms with van der Waals surface area (Å²) in [6.07, 6.45) is -0.553. The van der Waals surface area contributed by atoms with Crippen LogP contribution in [-0.4, -0.2) is 59.7 Å². The summed E-state index contributed by atoms with van der Waals surface area (Å²) in [4.78, 5) is 27.1. The Bertz CT molecular complexity index is 1050. The number of alkyl carbamates (subject to hydrolysis) is 1. The van der Waals surface area contributed by atoms with E-state index in [-0.39, 0.29) is 6.61 Å². The minimum Gasteiger partial charge on any atom is -0.493 e. The van der Waals surface area contributed by atoms with Gasteiger partial charge in [-0.1, -0.05) is 50.2 Å². The quantitative estimate of drug-likeness (QED) is 0.410. The van der Waals surface area contributed by atoms with Crippen molar-refractivity contribution < 1.29 is 28.9 Å². The molecule has 1 aliphatic heterocycles. The lowest BCUT2D eigenvalue weighted by Gasteiger charge is -2.26. The highest BCUT2D eigenvalue weighted by Crippen LogP contribution is 2.23. The van der Waals surface area contributed by atoms with Gasteiger partial charge in [0.1, 0.15) is 17.5 Å². The molecule has 8 heteroatoms. The number of nitrogens with one attached hydrogen (secondary N) is 1. The molecule has 0 aromatic heterocycles. The topological polar surface area (TPSA) is 97.3 Å². The normalized spacial score (nSPS) is 16.5. The molecular weight excluding hydrogens is 472 g/mol. The van der Waals surface area contributed by atoms with Crippen LogP contribution in [0.5, 0.6) is 5.75 Å². The van der Waals surface area contributed by atoms with E-state index in [1.165, 1.54) is 5.56 Å². The summed E-state index contributed by atoms with van der Waals surface area (Å²) in [5, 5.41) is 11.9. The number of hydrogen-bond acceptors (Lipinski definition) is 6. The minimum atomic E-state index is -0.658. The van der Waals surface area contributed by atoms with Crippen molar-refractivity contribution in [2.45, 2.75) is 77.7 Å². The maximum atomic E-state index is 12.8. The van der Waals surface area contributed by atoms with Gasteiger partial charge in [0.25, 0.3) is 0 Å². The minimum absolute atomic E-state index is 0.0624. The smallest absolute Gasteiger partial charge is 0.410 e. The van der Waals surface area contributed by atoms with Crippen molar-refractivity contribution in [3.8, 4) is 5.75 Å². The maximum absolute atomic E-state index is 12.8. The van der Waals surface area contributed by atoms with Crippen molar-refractivity contribution in [2.24, 2.45) is 0 Å². The van der Waals surface area contributed by atoms with Crippen LogP contribution >= 0.6 is 0 Å². The van der Waals surface area contributed by atoms with Crippen molar-refractivity contribution in [3.63, 3.8) is 0 Å². The summed E-state index contributed by atoms with van der Waals surface area (Å²) in [5.41, 5.74) is 2.51. The predicted octanol–water partition coefficient (Wildman–Crippen LogP) is 5.03. The van der Waals surface area contributed by atoms with Crippen molar-refractivity contribution in [3.05, 3.63) is 65.2 Å². The number of aliphatic hydroxyl groups is 1. The third-order valence-electron chi connectivity index (χ3n) is 5.98. The second-order valence-corrected chi connectivity index (χ2v) is 10.7. The number of nitrogens with zero attached hydrogens (tertiary/aromatic N) is 1. The van der Waals surface area contributed by atoms with E-state index in [0.717, 1.165) is 11.1 Å². The van der Waals surface area contributed by atoms with E-state index < -0.39 is 29.9 Å². The Morgan fingerprint density at radius 1 is 1.16 bits per heavy atom. The highest BCUT2D eigenvalue weighted by atomic mass is 16.6. The molecule has 0 saturated carbocycles. The monoisotopic (exact) mass is 512 g/mol. The Balaban J connectivity index is 1.74. The number of hydrogen-bond donors (Lipinski definition) is 2. The molecule has 1 saturated heterocycles. The third kappa shape index (κ3) is 8.97. The molecule has 2 aromatic carbocycles. The molecule has 1 heterocycles. The molecule has 8 nitrogen and oxygen atoms in total. The molecule has 3 rings (SSSR count). The number of benzene rings is 2. The first-order valence-electron chi connectivity index (χ1n) is 12.9. The van der Waals surface area contributed by atoms with E-state index in [2.05, 4.69) is 31.3 Å². The SMILES string of the molecule is CC(C)c1cccc(CN2CC(C(Cc3cccc(OCCCO)c3)NC(=O)OC(C)(C)C)OC2=O)c1. The number of carbonyl (C=O) groups excluding carboxylic acids is 2. The van der Waals surface area contributed by atoms with Gasteiger partial charge in [0, 0.05) is 19.6 Å². The largest absolute Gasteiger partial charge is 0.493 e. The van der Waals surface area contributed by atoms with Crippen LogP contribution in [0.25, 0.3) is 0 Å². The summed E-state index contributed by atoms with van der Waals surface area (Å²) in [6, 6.07) is 15.3. The number of ether oxygens (including phenoxy) is 3. The van der Waals surface area contributed by atoms with E-state index in [1.54, 1.807) is 25.7 Å². The van der Waals surface area contributed by atoms with Crippen LogP contribution in [0.2, 0.25) is 0 Å². The van der Waals surface area contributed by atoms with E-state index in [9.17, 15) is 9.59 Å². The average molecular weight is 513 g/mol. The second-order valence-electron chi connectivity index (χ2n) is 10.7. The Labute approximate surface area is 219 Å². The van der Waals surface area contributed by atoms with Crippen LogP contribution in [0.1, 0.15) is 63.6 Å². The molecular formula is C29H40N2O6. The van der Waals surface area contributed by atoms with Gasteiger partial charge < -0.3 is 29.5 Å². The van der Waals surface area contributed by atoms with Gasteiger partial charge >= 0.3 is 12.2 Å². The molecule has 37 heavy (non-hydrogen) atoms. The van der Waals surface area contributed by atoms with Crippen LogP contribution in [0.3, 0.4) is 0 Å². The summed E-state index contributed by atoms with van der Waals surface area (Å²) in [6.45, 7) is 10.9. The fraction of sp³-hybridized carbons (Fsp3) is 0.517. The highest BCUT2D eigenvalue weighted by molar-refractivity contribution is 5.71. The zero-order chi connectivity index (χ0) is 27.0. The zero-order valence-electron chi connectivity index (χ0n) is 22.5. The van der Waals surface area contributed by atoms with Gasteiger partial charge in [-0.3, -0.25) is 0 Å². The lowest BCUT2D eigenvalue weighted by Crippen LogP contribution is -2.48. The van der Waals surface area contributed by atoms with E-state index in [1.807, 2.05) is 36.4 Å². The first-order chi connectivity index (χ1) is 17.5. The molecule has 2 aromatic rings. The lowest BCUT2D eigenvalue weighted by molar-refractivity contribution is 0.0436. The maximum Gasteiger partial charge on any atom is 0.410 e. The fourth-order valence-corrected chi connectivity index (χ4v) is 4.15. The van der Waals surface area contributed by atoms with Gasteiger partial charge in [0.05, 0.1) is 19.2 Å². The molecule has 0 spiro atoms. The molecule has 1 fully saturated rings. The van der Waals surface area contributed by atoms with Crippen LogP contribution in [-0.2, 0) is 22.4 Å².